The predicted molar refractivity (Wildman–Crippen MR) is 112 cm³/mol. The zero-order valence-electron chi connectivity index (χ0n) is 16.8. The Morgan fingerprint density at radius 3 is 2.59 bits per heavy atom. The van der Waals surface area contributed by atoms with Gasteiger partial charge in [-0.05, 0) is 45.0 Å². The van der Waals surface area contributed by atoms with E-state index in [4.69, 9.17) is 9.15 Å². The van der Waals surface area contributed by atoms with E-state index in [2.05, 4.69) is 5.32 Å². The van der Waals surface area contributed by atoms with Crippen molar-refractivity contribution in [2.24, 2.45) is 0 Å². The Balaban J connectivity index is 1.64. The van der Waals surface area contributed by atoms with Gasteiger partial charge in [-0.15, -0.1) is 0 Å². The minimum atomic E-state index is -3.51. The zero-order chi connectivity index (χ0) is 21.0. The first-order valence-corrected chi connectivity index (χ1v) is 11.2. The lowest BCUT2D eigenvalue weighted by Gasteiger charge is -2.11. The minimum Gasteiger partial charge on any atom is -0.490 e. The van der Waals surface area contributed by atoms with Crippen LogP contribution in [0.15, 0.2) is 57.8 Å². The predicted octanol–water partition coefficient (Wildman–Crippen LogP) is 4.18. The van der Waals surface area contributed by atoms with Gasteiger partial charge in [-0.3, -0.25) is 4.79 Å². The molecule has 0 saturated carbocycles. The number of fused-ring (bicyclic) bond motifs is 1. The number of aryl methyl sites for hydroxylation is 1. The molecular weight excluding hydrogens is 390 g/mol. The third-order valence-corrected chi connectivity index (χ3v) is 6.34. The molecule has 3 rings (SSSR count). The van der Waals surface area contributed by atoms with Crippen LogP contribution in [0.25, 0.3) is 11.0 Å². The van der Waals surface area contributed by atoms with Gasteiger partial charge in [-0.2, -0.15) is 0 Å². The summed E-state index contributed by atoms with van der Waals surface area (Å²) in [5.41, 5.74) is 1.61. The van der Waals surface area contributed by atoms with Crippen molar-refractivity contribution in [1.29, 1.82) is 0 Å². The number of furan rings is 1. The van der Waals surface area contributed by atoms with Crippen LogP contribution in [0.3, 0.4) is 0 Å². The van der Waals surface area contributed by atoms with Crippen LogP contribution >= 0.6 is 0 Å². The number of ether oxygens (including phenoxy) is 1. The van der Waals surface area contributed by atoms with Crippen LogP contribution in [0.5, 0.6) is 5.75 Å². The normalized spacial score (nSPS) is 12.7. The van der Waals surface area contributed by atoms with Crippen molar-refractivity contribution in [3.05, 3.63) is 59.9 Å². The fraction of sp³-hybridized carbons (Fsp3) is 0.318. The molecule has 1 atom stereocenters. The molecular formula is C22H25NO5S. The molecule has 0 aliphatic heterocycles. The molecule has 0 saturated heterocycles. The largest absolute Gasteiger partial charge is 0.490 e. The summed E-state index contributed by atoms with van der Waals surface area (Å²) in [7, 11) is -3.51. The van der Waals surface area contributed by atoms with Gasteiger partial charge in [-0.25, -0.2) is 8.42 Å². The summed E-state index contributed by atoms with van der Waals surface area (Å²) in [6, 6.07) is 13.7. The lowest BCUT2D eigenvalue weighted by Crippen LogP contribution is -2.28. The zero-order valence-corrected chi connectivity index (χ0v) is 17.6. The first kappa shape index (κ1) is 20.9. The Hall–Kier alpha value is -2.80. The standard InChI is InChI=1S/C22H25NO5S/c1-4-27-19-7-5-6-17-14-20(28-22(17)19)16(3)23-21(24)12-13-29(25,26)18-10-8-15(2)9-11-18/h5-11,14,16H,4,12-13H2,1-3H3,(H,23,24). The van der Waals surface area contributed by atoms with Crippen molar-refractivity contribution in [1.82, 2.24) is 5.32 Å². The highest BCUT2D eigenvalue weighted by Crippen LogP contribution is 2.31. The number of rotatable bonds is 8. The molecule has 2 aromatic carbocycles. The fourth-order valence-corrected chi connectivity index (χ4v) is 4.25. The van der Waals surface area contributed by atoms with Crippen LogP contribution in [0.1, 0.15) is 37.6 Å². The molecule has 1 aromatic heterocycles. The van der Waals surface area contributed by atoms with Gasteiger partial charge >= 0.3 is 0 Å². The second kappa shape index (κ2) is 8.69. The summed E-state index contributed by atoms with van der Waals surface area (Å²) in [4.78, 5) is 12.5. The Bertz CT molecular complexity index is 1100. The summed E-state index contributed by atoms with van der Waals surface area (Å²) in [5.74, 6) is 0.642. The molecule has 0 aliphatic carbocycles. The molecule has 0 bridgehead atoms. The maximum Gasteiger partial charge on any atom is 0.221 e. The summed E-state index contributed by atoms with van der Waals surface area (Å²) in [5, 5.41) is 3.69. The van der Waals surface area contributed by atoms with E-state index in [1.807, 2.05) is 38.1 Å². The average Bonchev–Trinajstić information content (AvgIpc) is 3.13. The van der Waals surface area contributed by atoms with Crippen molar-refractivity contribution < 1.29 is 22.4 Å². The topological polar surface area (TPSA) is 85.6 Å². The summed E-state index contributed by atoms with van der Waals surface area (Å²) in [6.07, 6.45) is -0.120. The molecule has 0 spiro atoms. The third-order valence-electron chi connectivity index (χ3n) is 4.61. The maximum absolute atomic E-state index is 12.4. The number of carbonyl (C=O) groups is 1. The van der Waals surface area contributed by atoms with Gasteiger partial charge in [0.15, 0.2) is 21.2 Å². The number of hydrogen-bond donors (Lipinski definition) is 1. The number of nitrogens with one attached hydrogen (secondary N) is 1. The molecule has 6 nitrogen and oxygen atoms in total. The van der Waals surface area contributed by atoms with E-state index >= 15 is 0 Å². The lowest BCUT2D eigenvalue weighted by molar-refractivity contribution is -0.121. The van der Waals surface area contributed by atoms with E-state index < -0.39 is 15.9 Å². The summed E-state index contributed by atoms with van der Waals surface area (Å²) >= 11 is 0. The Morgan fingerprint density at radius 1 is 1.17 bits per heavy atom. The van der Waals surface area contributed by atoms with Crippen molar-refractivity contribution in [2.75, 3.05) is 12.4 Å². The molecule has 7 heteroatoms. The molecule has 154 valence electrons. The second-order valence-electron chi connectivity index (χ2n) is 6.93. The first-order chi connectivity index (χ1) is 13.8. The van der Waals surface area contributed by atoms with Crippen molar-refractivity contribution in [2.45, 2.75) is 38.1 Å². The van der Waals surface area contributed by atoms with Crippen molar-refractivity contribution in [3.8, 4) is 5.75 Å². The van der Waals surface area contributed by atoms with Gasteiger partial charge in [-0.1, -0.05) is 29.8 Å². The van der Waals surface area contributed by atoms with E-state index in [9.17, 15) is 13.2 Å². The number of hydrogen-bond acceptors (Lipinski definition) is 5. The Morgan fingerprint density at radius 2 is 1.90 bits per heavy atom. The first-order valence-electron chi connectivity index (χ1n) is 9.54. The van der Waals surface area contributed by atoms with E-state index in [1.54, 1.807) is 31.2 Å². The van der Waals surface area contributed by atoms with E-state index in [0.29, 0.717) is 23.7 Å². The van der Waals surface area contributed by atoms with Gasteiger partial charge in [0.05, 0.1) is 23.3 Å². The lowest BCUT2D eigenvalue weighted by atomic mass is 10.2. The molecule has 0 radical (unpaired) electrons. The third kappa shape index (κ3) is 4.98. The highest BCUT2D eigenvalue weighted by molar-refractivity contribution is 7.91. The monoisotopic (exact) mass is 415 g/mol. The molecule has 1 N–H and O–H groups in total. The highest BCUT2D eigenvalue weighted by atomic mass is 32.2. The fourth-order valence-electron chi connectivity index (χ4n) is 3.01. The smallest absolute Gasteiger partial charge is 0.221 e. The molecule has 0 fully saturated rings. The average molecular weight is 416 g/mol. The Kier molecular flexibility index (Phi) is 6.27. The van der Waals surface area contributed by atoms with Crippen LogP contribution in [0, 0.1) is 6.92 Å². The summed E-state index contributed by atoms with van der Waals surface area (Å²) in [6.45, 7) is 6.11. The van der Waals surface area contributed by atoms with Gasteiger partial charge in [0.25, 0.3) is 0 Å². The molecule has 3 aromatic rings. The number of carbonyl (C=O) groups excluding carboxylic acids is 1. The van der Waals surface area contributed by atoms with Gasteiger partial charge in [0.2, 0.25) is 5.91 Å². The maximum atomic E-state index is 12.4. The number of sulfone groups is 1. The molecule has 1 amide bonds. The molecule has 1 heterocycles. The van der Waals surface area contributed by atoms with Crippen LogP contribution in [-0.2, 0) is 14.6 Å². The van der Waals surface area contributed by atoms with Crippen molar-refractivity contribution >= 4 is 26.7 Å². The van der Waals surface area contributed by atoms with Crippen LogP contribution in [0.2, 0.25) is 0 Å². The number of benzene rings is 2. The van der Waals surface area contributed by atoms with Gasteiger partial charge in [0.1, 0.15) is 5.76 Å². The minimum absolute atomic E-state index is 0.120. The summed E-state index contributed by atoms with van der Waals surface area (Å²) < 4.78 is 36.3. The Labute approximate surface area is 170 Å². The number of amides is 1. The quantitative estimate of drug-likeness (QED) is 0.596. The SMILES string of the molecule is CCOc1cccc2cc(C(C)NC(=O)CCS(=O)(=O)c3ccc(C)cc3)oc12. The van der Waals surface area contributed by atoms with Crippen LogP contribution in [0.4, 0.5) is 0 Å². The number of para-hydroxylation sites is 1. The molecule has 29 heavy (non-hydrogen) atoms. The van der Waals surface area contributed by atoms with E-state index in [0.717, 1.165) is 10.9 Å². The van der Waals surface area contributed by atoms with Gasteiger partial charge < -0.3 is 14.5 Å². The van der Waals surface area contributed by atoms with E-state index in [-0.39, 0.29) is 23.0 Å². The van der Waals surface area contributed by atoms with E-state index in [1.165, 1.54) is 0 Å². The molecule has 0 aliphatic rings. The van der Waals surface area contributed by atoms with Crippen LogP contribution < -0.4 is 10.1 Å². The highest BCUT2D eigenvalue weighted by Gasteiger charge is 2.19. The van der Waals surface area contributed by atoms with Crippen molar-refractivity contribution in [3.63, 3.8) is 0 Å². The van der Waals surface area contributed by atoms with Crippen LogP contribution in [-0.4, -0.2) is 26.7 Å². The molecule has 1 unspecified atom stereocenters. The second-order valence-corrected chi connectivity index (χ2v) is 9.04. The van der Waals surface area contributed by atoms with Gasteiger partial charge in [0, 0.05) is 11.8 Å².